The second-order valence-corrected chi connectivity index (χ2v) is 12.0. The summed E-state index contributed by atoms with van der Waals surface area (Å²) in [4.78, 5) is 46.0. The van der Waals surface area contributed by atoms with Crippen molar-refractivity contribution in [2.45, 2.75) is 74.6 Å². The van der Waals surface area contributed by atoms with Gasteiger partial charge in [-0.05, 0) is 41.5 Å². The Balaban J connectivity index is 3.14. The summed E-state index contributed by atoms with van der Waals surface area (Å²) < 4.78 is 78.5. The molecule has 0 aliphatic heterocycles. The standard InChI is InChI=1S/C24H32F4N2O8S2/c1-23(2,3)37-21(33)29-11(19(31)35-7)9-39-17-13(25)15(27)18(16(28)14(17)26)40-10-12(20(32)36-8)30-22(34)38-24(4,5)6/h11-12H,9-10H2,1-8H3,(H,29,33)(H,30,34)/t11-,12?/m0/s1. The van der Waals surface area contributed by atoms with E-state index in [0.717, 1.165) is 14.2 Å². The molecule has 0 saturated heterocycles. The van der Waals surface area contributed by atoms with Crippen molar-refractivity contribution in [1.82, 2.24) is 10.6 Å². The number of thioether (sulfide) groups is 2. The van der Waals surface area contributed by atoms with Gasteiger partial charge in [0.05, 0.1) is 24.0 Å². The number of halogens is 4. The van der Waals surface area contributed by atoms with E-state index in [1.807, 2.05) is 0 Å². The Morgan fingerprint density at radius 2 is 0.925 bits per heavy atom. The van der Waals surface area contributed by atoms with E-state index < -0.39 is 92.0 Å². The van der Waals surface area contributed by atoms with Crippen LogP contribution in [0.5, 0.6) is 0 Å². The van der Waals surface area contributed by atoms with Crippen LogP contribution in [0.1, 0.15) is 41.5 Å². The molecule has 226 valence electrons. The lowest BCUT2D eigenvalue weighted by Gasteiger charge is -2.23. The molecule has 2 amide bonds. The lowest BCUT2D eigenvalue weighted by Crippen LogP contribution is -2.45. The fourth-order valence-corrected chi connectivity index (χ4v) is 4.67. The second kappa shape index (κ2) is 14.7. The minimum atomic E-state index is -1.78. The Morgan fingerprint density at radius 1 is 0.650 bits per heavy atom. The Morgan fingerprint density at radius 3 is 1.15 bits per heavy atom. The first-order valence-electron chi connectivity index (χ1n) is 11.6. The molecule has 0 aliphatic carbocycles. The molecule has 16 heteroatoms. The average molecular weight is 617 g/mol. The first-order chi connectivity index (χ1) is 18.3. The van der Waals surface area contributed by atoms with Crippen LogP contribution in [-0.4, -0.2) is 73.1 Å². The Kier molecular flexibility index (Phi) is 12.9. The molecule has 2 N–H and O–H groups in total. The van der Waals surface area contributed by atoms with Gasteiger partial charge in [0.25, 0.3) is 0 Å². The van der Waals surface area contributed by atoms with E-state index in [1.54, 1.807) is 41.5 Å². The average Bonchev–Trinajstić information content (AvgIpc) is 2.82. The van der Waals surface area contributed by atoms with Crippen LogP contribution >= 0.6 is 23.5 Å². The minimum absolute atomic E-state index is 0.211. The number of benzene rings is 1. The number of esters is 2. The molecule has 0 saturated carbocycles. The SMILES string of the molecule is COC(=O)C(CSc1c(F)c(F)c(SC[C@H](NC(=O)OC(C)(C)C)C(=O)OC)c(F)c1F)NC(=O)OC(C)(C)C. The van der Waals surface area contributed by atoms with Crippen LogP contribution in [0.3, 0.4) is 0 Å². The van der Waals surface area contributed by atoms with E-state index in [-0.39, 0.29) is 23.5 Å². The summed E-state index contributed by atoms with van der Waals surface area (Å²) in [6.45, 7) is 9.37. The van der Waals surface area contributed by atoms with Crippen LogP contribution in [0.2, 0.25) is 0 Å². The number of carbonyl (C=O) groups is 4. The molecule has 10 nitrogen and oxygen atoms in total. The zero-order chi connectivity index (χ0) is 31.0. The Bertz CT molecular complexity index is 996. The van der Waals surface area contributed by atoms with Crippen molar-refractivity contribution in [1.29, 1.82) is 0 Å². The van der Waals surface area contributed by atoms with Crippen molar-refractivity contribution in [3.8, 4) is 0 Å². The number of rotatable bonds is 10. The first-order valence-corrected chi connectivity index (χ1v) is 13.5. The van der Waals surface area contributed by atoms with Gasteiger partial charge in [0, 0.05) is 11.5 Å². The number of hydrogen-bond acceptors (Lipinski definition) is 10. The van der Waals surface area contributed by atoms with Gasteiger partial charge in [0.15, 0.2) is 23.3 Å². The number of alkyl carbamates (subject to hydrolysis) is 2. The Hall–Kier alpha value is -2.88. The van der Waals surface area contributed by atoms with Gasteiger partial charge in [-0.3, -0.25) is 0 Å². The van der Waals surface area contributed by atoms with Crippen LogP contribution in [0.25, 0.3) is 0 Å². The number of nitrogens with one attached hydrogen (secondary N) is 2. The minimum Gasteiger partial charge on any atom is -0.467 e. The summed E-state index contributed by atoms with van der Waals surface area (Å²) in [6, 6.07) is -2.97. The summed E-state index contributed by atoms with van der Waals surface area (Å²) in [5.41, 5.74) is -1.85. The highest BCUT2D eigenvalue weighted by Crippen LogP contribution is 2.36. The zero-order valence-corrected chi connectivity index (χ0v) is 24.8. The summed E-state index contributed by atoms with van der Waals surface area (Å²) in [6.07, 6.45) is -2.07. The van der Waals surface area contributed by atoms with E-state index in [1.165, 1.54) is 0 Å². The van der Waals surface area contributed by atoms with Crippen molar-refractivity contribution >= 4 is 47.6 Å². The lowest BCUT2D eigenvalue weighted by molar-refractivity contribution is -0.143. The molecule has 2 atom stereocenters. The molecular formula is C24H32F4N2O8S2. The molecule has 0 heterocycles. The molecule has 0 aliphatic rings. The van der Waals surface area contributed by atoms with Crippen molar-refractivity contribution in [3.63, 3.8) is 0 Å². The van der Waals surface area contributed by atoms with Crippen LogP contribution in [0.4, 0.5) is 27.2 Å². The summed E-state index contributed by atoms with van der Waals surface area (Å²) in [5.74, 6) is -10.3. The molecule has 1 rings (SSSR count). The van der Waals surface area contributed by atoms with Gasteiger partial charge >= 0.3 is 24.1 Å². The van der Waals surface area contributed by atoms with Gasteiger partial charge < -0.3 is 29.6 Å². The summed E-state index contributed by atoms with van der Waals surface area (Å²) in [7, 11) is 2.01. The van der Waals surface area contributed by atoms with Gasteiger partial charge in [-0.25, -0.2) is 36.7 Å². The lowest BCUT2D eigenvalue weighted by atomic mass is 10.2. The van der Waals surface area contributed by atoms with Gasteiger partial charge in [0.2, 0.25) is 0 Å². The Labute approximate surface area is 237 Å². The summed E-state index contributed by atoms with van der Waals surface area (Å²) in [5, 5.41) is 4.34. The summed E-state index contributed by atoms with van der Waals surface area (Å²) >= 11 is 0.422. The van der Waals surface area contributed by atoms with Crippen LogP contribution in [0.15, 0.2) is 9.79 Å². The van der Waals surface area contributed by atoms with E-state index >= 15 is 0 Å². The van der Waals surface area contributed by atoms with E-state index in [0.29, 0.717) is 0 Å². The van der Waals surface area contributed by atoms with Crippen LogP contribution in [0, 0.1) is 23.3 Å². The molecule has 40 heavy (non-hydrogen) atoms. The van der Waals surface area contributed by atoms with Crippen molar-refractivity contribution in [3.05, 3.63) is 23.3 Å². The third-order valence-electron chi connectivity index (χ3n) is 4.32. The highest BCUT2D eigenvalue weighted by molar-refractivity contribution is 7.99. The van der Waals surface area contributed by atoms with E-state index in [9.17, 15) is 36.7 Å². The topological polar surface area (TPSA) is 129 Å². The molecule has 1 unspecified atom stereocenters. The van der Waals surface area contributed by atoms with Gasteiger partial charge in [0.1, 0.15) is 23.3 Å². The monoisotopic (exact) mass is 616 g/mol. The number of ether oxygens (including phenoxy) is 4. The van der Waals surface area contributed by atoms with Crippen molar-refractivity contribution in [2.75, 3.05) is 25.7 Å². The maximum absolute atomic E-state index is 14.8. The fourth-order valence-electron chi connectivity index (χ4n) is 2.70. The quantitative estimate of drug-likeness (QED) is 0.127. The molecule has 0 aromatic heterocycles. The van der Waals surface area contributed by atoms with Crippen molar-refractivity contribution < 1.29 is 55.7 Å². The normalized spacial score (nSPS) is 13.1. The highest BCUT2D eigenvalue weighted by atomic mass is 32.2. The largest absolute Gasteiger partial charge is 0.467 e. The fraction of sp³-hybridized carbons (Fsp3) is 0.583. The van der Waals surface area contributed by atoms with Gasteiger partial charge in [-0.15, -0.1) is 23.5 Å². The smallest absolute Gasteiger partial charge is 0.408 e. The first kappa shape index (κ1) is 35.1. The predicted octanol–water partition coefficient (Wildman–Crippen LogP) is 4.56. The number of carbonyl (C=O) groups excluding carboxylic acids is 4. The predicted molar refractivity (Wildman–Crippen MR) is 138 cm³/mol. The van der Waals surface area contributed by atoms with Crippen molar-refractivity contribution in [2.24, 2.45) is 0 Å². The van der Waals surface area contributed by atoms with Crippen LogP contribution in [-0.2, 0) is 28.5 Å². The molecule has 0 fully saturated rings. The van der Waals surface area contributed by atoms with E-state index in [2.05, 4.69) is 20.1 Å². The van der Waals surface area contributed by atoms with Crippen LogP contribution < -0.4 is 10.6 Å². The maximum atomic E-state index is 14.8. The zero-order valence-electron chi connectivity index (χ0n) is 23.2. The van der Waals surface area contributed by atoms with E-state index in [4.69, 9.17) is 9.47 Å². The highest BCUT2D eigenvalue weighted by Gasteiger charge is 2.32. The second-order valence-electron chi connectivity index (χ2n) is 9.98. The number of methoxy groups -OCH3 is 2. The molecular weight excluding hydrogens is 584 g/mol. The molecule has 0 bridgehead atoms. The van der Waals surface area contributed by atoms with Gasteiger partial charge in [-0.2, -0.15) is 0 Å². The van der Waals surface area contributed by atoms with Gasteiger partial charge in [-0.1, -0.05) is 0 Å². The molecule has 0 radical (unpaired) electrons. The third-order valence-corrected chi connectivity index (χ3v) is 6.62. The number of amides is 2. The number of hydrogen-bond donors (Lipinski definition) is 2. The third kappa shape index (κ3) is 10.9. The molecule has 1 aromatic rings. The molecule has 1 aromatic carbocycles. The maximum Gasteiger partial charge on any atom is 0.408 e. The molecule has 0 spiro atoms.